The maximum atomic E-state index is 10.8. The third-order valence-corrected chi connectivity index (χ3v) is 4.35. The SMILES string of the molecule is CC(C)(C)n1c(SCC(=O)O)nnc1-c1ccccc1Br. The molecule has 0 saturated heterocycles. The third kappa shape index (κ3) is 3.65. The van der Waals surface area contributed by atoms with Gasteiger partial charge in [-0.2, -0.15) is 0 Å². The average molecular weight is 370 g/mol. The van der Waals surface area contributed by atoms with E-state index in [-0.39, 0.29) is 11.3 Å². The fourth-order valence-corrected chi connectivity index (χ4v) is 3.21. The number of halogens is 1. The van der Waals surface area contributed by atoms with E-state index < -0.39 is 5.97 Å². The maximum Gasteiger partial charge on any atom is 0.313 e. The second-order valence-electron chi connectivity index (χ2n) is 5.47. The molecule has 0 aliphatic heterocycles. The summed E-state index contributed by atoms with van der Waals surface area (Å²) in [5.74, 6) is -0.182. The number of rotatable bonds is 4. The number of hydrogen-bond donors (Lipinski definition) is 1. The van der Waals surface area contributed by atoms with Gasteiger partial charge in [0.1, 0.15) is 0 Å². The van der Waals surface area contributed by atoms with Crippen LogP contribution in [-0.4, -0.2) is 31.6 Å². The highest BCUT2D eigenvalue weighted by molar-refractivity contribution is 9.10. The molecule has 0 amide bonds. The van der Waals surface area contributed by atoms with Gasteiger partial charge in [-0.05, 0) is 26.8 Å². The molecule has 0 saturated carbocycles. The maximum absolute atomic E-state index is 10.8. The first-order chi connectivity index (χ1) is 9.80. The molecule has 1 aromatic heterocycles. The van der Waals surface area contributed by atoms with Gasteiger partial charge in [0.25, 0.3) is 0 Å². The molecular formula is C14H16BrN3O2S. The highest BCUT2D eigenvalue weighted by Crippen LogP contribution is 2.33. The van der Waals surface area contributed by atoms with Crippen molar-refractivity contribution in [2.75, 3.05) is 5.75 Å². The highest BCUT2D eigenvalue weighted by Gasteiger charge is 2.25. The van der Waals surface area contributed by atoms with E-state index in [1.165, 1.54) is 11.8 Å². The number of nitrogens with zero attached hydrogens (tertiary/aromatic N) is 3. The molecule has 0 spiro atoms. The molecule has 7 heteroatoms. The summed E-state index contributed by atoms with van der Waals surface area (Å²) in [5.41, 5.74) is 0.677. The Balaban J connectivity index is 2.52. The summed E-state index contributed by atoms with van der Waals surface area (Å²) in [6.07, 6.45) is 0. The first kappa shape index (κ1) is 16.0. The van der Waals surface area contributed by atoms with E-state index in [2.05, 4.69) is 26.1 Å². The predicted molar refractivity (Wildman–Crippen MR) is 86.5 cm³/mol. The lowest BCUT2D eigenvalue weighted by Crippen LogP contribution is -2.24. The van der Waals surface area contributed by atoms with Crippen LogP contribution in [-0.2, 0) is 10.3 Å². The molecule has 1 heterocycles. The van der Waals surface area contributed by atoms with Gasteiger partial charge < -0.3 is 5.11 Å². The molecule has 5 nitrogen and oxygen atoms in total. The molecule has 0 aliphatic rings. The van der Waals surface area contributed by atoms with Gasteiger partial charge in [-0.3, -0.25) is 9.36 Å². The summed E-state index contributed by atoms with van der Waals surface area (Å²) in [6.45, 7) is 6.13. The van der Waals surface area contributed by atoms with Crippen LogP contribution < -0.4 is 0 Å². The summed E-state index contributed by atoms with van der Waals surface area (Å²) in [5, 5.41) is 17.9. The molecule has 21 heavy (non-hydrogen) atoms. The number of carboxylic acids is 1. The van der Waals surface area contributed by atoms with Crippen LogP contribution in [0.1, 0.15) is 20.8 Å². The van der Waals surface area contributed by atoms with Crippen LogP contribution in [0.25, 0.3) is 11.4 Å². The number of aliphatic carboxylic acids is 1. The monoisotopic (exact) mass is 369 g/mol. The molecule has 2 rings (SSSR count). The van der Waals surface area contributed by atoms with Gasteiger partial charge in [-0.25, -0.2) is 0 Å². The number of carboxylic acid groups (broad SMARTS) is 1. The van der Waals surface area contributed by atoms with E-state index in [9.17, 15) is 4.79 Å². The number of carbonyl (C=O) groups is 1. The first-order valence-corrected chi connectivity index (χ1v) is 8.14. The fraction of sp³-hybridized carbons (Fsp3) is 0.357. The minimum atomic E-state index is -0.870. The predicted octanol–water partition coefficient (Wildman–Crippen LogP) is 3.64. The molecule has 0 radical (unpaired) electrons. The standard InChI is InChI=1S/C14H16BrN3O2S/c1-14(2,3)18-12(9-6-4-5-7-10(9)15)16-17-13(18)21-8-11(19)20/h4-7H,8H2,1-3H3,(H,19,20). The van der Waals surface area contributed by atoms with Gasteiger partial charge in [0, 0.05) is 15.6 Å². The Morgan fingerprint density at radius 1 is 1.33 bits per heavy atom. The Hall–Kier alpha value is -1.34. The van der Waals surface area contributed by atoms with Crippen molar-refractivity contribution in [1.29, 1.82) is 0 Å². The Labute approximate surface area is 135 Å². The van der Waals surface area contributed by atoms with Crippen LogP contribution in [0.3, 0.4) is 0 Å². The number of hydrogen-bond acceptors (Lipinski definition) is 4. The molecule has 0 atom stereocenters. The zero-order valence-electron chi connectivity index (χ0n) is 12.0. The molecule has 0 unspecified atom stereocenters. The Kier molecular flexibility index (Phi) is 4.73. The summed E-state index contributed by atoms with van der Waals surface area (Å²) in [7, 11) is 0. The van der Waals surface area contributed by atoms with Crippen molar-refractivity contribution < 1.29 is 9.90 Å². The van der Waals surface area contributed by atoms with Crippen LogP contribution in [0.4, 0.5) is 0 Å². The van der Waals surface area contributed by atoms with Crippen molar-refractivity contribution in [2.24, 2.45) is 0 Å². The second kappa shape index (κ2) is 6.19. The summed E-state index contributed by atoms with van der Waals surface area (Å²) < 4.78 is 2.90. The van der Waals surface area contributed by atoms with Crippen molar-refractivity contribution in [1.82, 2.24) is 14.8 Å². The molecule has 1 N–H and O–H groups in total. The molecular weight excluding hydrogens is 354 g/mol. The van der Waals surface area contributed by atoms with Gasteiger partial charge in [0.15, 0.2) is 11.0 Å². The zero-order valence-corrected chi connectivity index (χ0v) is 14.4. The lowest BCUT2D eigenvalue weighted by molar-refractivity contribution is -0.133. The Morgan fingerprint density at radius 2 is 2.00 bits per heavy atom. The summed E-state index contributed by atoms with van der Waals surface area (Å²) in [6, 6.07) is 7.78. The normalized spacial score (nSPS) is 11.6. The minimum Gasteiger partial charge on any atom is -0.481 e. The fourth-order valence-electron chi connectivity index (χ4n) is 1.91. The van der Waals surface area contributed by atoms with E-state index in [0.717, 1.165) is 15.9 Å². The van der Waals surface area contributed by atoms with Gasteiger partial charge in [0.05, 0.1) is 5.75 Å². The minimum absolute atomic E-state index is 0.0375. The summed E-state index contributed by atoms with van der Waals surface area (Å²) in [4.78, 5) is 10.8. The van der Waals surface area contributed by atoms with Crippen molar-refractivity contribution in [2.45, 2.75) is 31.5 Å². The highest BCUT2D eigenvalue weighted by atomic mass is 79.9. The topological polar surface area (TPSA) is 68.0 Å². The smallest absolute Gasteiger partial charge is 0.313 e. The van der Waals surface area contributed by atoms with Gasteiger partial charge in [-0.1, -0.05) is 45.9 Å². The zero-order chi connectivity index (χ0) is 15.6. The van der Waals surface area contributed by atoms with E-state index >= 15 is 0 Å². The lowest BCUT2D eigenvalue weighted by atomic mass is 10.1. The second-order valence-corrected chi connectivity index (χ2v) is 7.27. The first-order valence-electron chi connectivity index (χ1n) is 6.36. The molecule has 1 aromatic carbocycles. The lowest BCUT2D eigenvalue weighted by Gasteiger charge is -2.24. The van der Waals surface area contributed by atoms with Crippen molar-refractivity contribution in [3.05, 3.63) is 28.7 Å². The molecule has 0 bridgehead atoms. The Bertz CT molecular complexity index is 664. The number of thioether (sulfide) groups is 1. The van der Waals surface area contributed by atoms with Crippen LogP contribution >= 0.6 is 27.7 Å². The average Bonchev–Trinajstić information content (AvgIpc) is 2.80. The van der Waals surface area contributed by atoms with Crippen molar-refractivity contribution in [3.8, 4) is 11.4 Å². The largest absolute Gasteiger partial charge is 0.481 e. The molecule has 2 aromatic rings. The van der Waals surface area contributed by atoms with Gasteiger partial charge in [-0.15, -0.1) is 10.2 Å². The van der Waals surface area contributed by atoms with E-state index in [0.29, 0.717) is 5.16 Å². The molecule has 0 aliphatic carbocycles. The van der Waals surface area contributed by atoms with E-state index in [1.54, 1.807) is 0 Å². The third-order valence-electron chi connectivity index (χ3n) is 2.74. The van der Waals surface area contributed by atoms with Gasteiger partial charge in [0.2, 0.25) is 0 Å². The molecule has 112 valence electrons. The van der Waals surface area contributed by atoms with Crippen LogP contribution in [0.2, 0.25) is 0 Å². The van der Waals surface area contributed by atoms with E-state index in [1.807, 2.05) is 49.6 Å². The number of aromatic nitrogens is 3. The van der Waals surface area contributed by atoms with Crippen LogP contribution in [0.5, 0.6) is 0 Å². The Morgan fingerprint density at radius 3 is 2.57 bits per heavy atom. The van der Waals surface area contributed by atoms with Crippen LogP contribution in [0.15, 0.2) is 33.9 Å². The van der Waals surface area contributed by atoms with Gasteiger partial charge >= 0.3 is 5.97 Å². The van der Waals surface area contributed by atoms with Crippen molar-refractivity contribution in [3.63, 3.8) is 0 Å². The van der Waals surface area contributed by atoms with Crippen molar-refractivity contribution >= 4 is 33.7 Å². The van der Waals surface area contributed by atoms with Crippen LogP contribution in [0, 0.1) is 0 Å². The number of benzene rings is 1. The molecule has 0 fully saturated rings. The van der Waals surface area contributed by atoms with E-state index in [4.69, 9.17) is 5.11 Å². The quantitative estimate of drug-likeness (QED) is 0.833. The summed E-state index contributed by atoms with van der Waals surface area (Å²) >= 11 is 4.70.